The first-order chi connectivity index (χ1) is 17.9. The van der Waals surface area contributed by atoms with Gasteiger partial charge < -0.3 is 15.2 Å². The third-order valence-corrected chi connectivity index (χ3v) is 7.77. The second kappa shape index (κ2) is 12.6. The molecular weight excluding hydrogens is 507 g/mol. The van der Waals surface area contributed by atoms with Crippen molar-refractivity contribution in [2.75, 3.05) is 13.1 Å². The summed E-state index contributed by atoms with van der Waals surface area (Å²) in [6.45, 7) is 3.49. The number of amides is 2. The number of hydrogen-bond acceptors (Lipinski definition) is 3. The molecule has 2 amide bonds. The van der Waals surface area contributed by atoms with Gasteiger partial charge in [-0.25, -0.2) is 4.98 Å². The van der Waals surface area contributed by atoms with E-state index in [4.69, 9.17) is 23.2 Å². The Morgan fingerprint density at radius 3 is 2.59 bits per heavy atom. The van der Waals surface area contributed by atoms with Crippen LogP contribution in [0.1, 0.15) is 55.8 Å². The second-order valence-electron chi connectivity index (χ2n) is 9.92. The van der Waals surface area contributed by atoms with Gasteiger partial charge in [-0.05, 0) is 36.1 Å². The summed E-state index contributed by atoms with van der Waals surface area (Å²) in [4.78, 5) is 35.6. The van der Waals surface area contributed by atoms with Crippen LogP contribution in [0.25, 0.3) is 0 Å². The first-order valence-corrected chi connectivity index (χ1v) is 13.7. The fraction of sp³-hybridized carbons (Fsp3) is 0.414. The summed E-state index contributed by atoms with van der Waals surface area (Å²) < 4.78 is 0. The quantitative estimate of drug-likeness (QED) is 0.287. The summed E-state index contributed by atoms with van der Waals surface area (Å²) in [5, 5.41) is 3.99. The van der Waals surface area contributed by atoms with Crippen LogP contribution in [-0.2, 0) is 27.8 Å². The maximum absolute atomic E-state index is 13.8. The predicted molar refractivity (Wildman–Crippen MR) is 148 cm³/mol. The van der Waals surface area contributed by atoms with Crippen LogP contribution in [-0.4, -0.2) is 45.8 Å². The number of aromatic amines is 1. The molecule has 0 aliphatic carbocycles. The molecule has 0 unspecified atom stereocenters. The van der Waals surface area contributed by atoms with Crippen molar-refractivity contribution >= 4 is 35.0 Å². The topological polar surface area (TPSA) is 78.1 Å². The highest BCUT2D eigenvalue weighted by molar-refractivity contribution is 6.35. The maximum Gasteiger partial charge on any atom is 0.245 e. The van der Waals surface area contributed by atoms with E-state index in [1.54, 1.807) is 24.7 Å². The fourth-order valence-corrected chi connectivity index (χ4v) is 5.58. The normalized spacial score (nSPS) is 15.2. The average molecular weight is 542 g/mol. The number of aromatic nitrogens is 2. The number of nitrogens with one attached hydrogen (secondary N) is 2. The first-order valence-electron chi connectivity index (χ1n) is 13.0. The van der Waals surface area contributed by atoms with E-state index in [1.807, 2.05) is 17.0 Å². The number of carbonyl (C=O) groups is 2. The van der Waals surface area contributed by atoms with Crippen LogP contribution in [0.3, 0.4) is 0 Å². The number of likely N-dealkylation sites (tertiary alicyclic amines) is 1. The molecule has 2 heterocycles. The highest BCUT2D eigenvalue weighted by atomic mass is 35.5. The third kappa shape index (κ3) is 6.93. The minimum atomic E-state index is -0.713. The highest BCUT2D eigenvalue weighted by Crippen LogP contribution is 2.40. The molecule has 4 rings (SSSR count). The second-order valence-corrected chi connectivity index (χ2v) is 10.8. The van der Waals surface area contributed by atoms with Crippen LogP contribution >= 0.6 is 23.2 Å². The average Bonchev–Trinajstić information content (AvgIpc) is 3.39. The molecule has 0 radical (unpaired) electrons. The minimum Gasteiger partial charge on any atom is -0.351 e. The van der Waals surface area contributed by atoms with Crippen molar-refractivity contribution in [1.82, 2.24) is 20.2 Å². The molecule has 1 aliphatic heterocycles. The molecule has 8 heteroatoms. The van der Waals surface area contributed by atoms with Gasteiger partial charge in [0.05, 0.1) is 12.0 Å². The van der Waals surface area contributed by atoms with E-state index in [0.29, 0.717) is 36.0 Å². The van der Waals surface area contributed by atoms with E-state index in [1.165, 1.54) is 12.0 Å². The molecule has 1 aliphatic rings. The molecule has 1 atom stereocenters. The molecular formula is C29H34Cl2N4O2. The Morgan fingerprint density at radius 2 is 1.92 bits per heavy atom. The van der Waals surface area contributed by atoms with Gasteiger partial charge in [-0.2, -0.15) is 0 Å². The van der Waals surface area contributed by atoms with Crippen LogP contribution in [0.15, 0.2) is 61.1 Å². The summed E-state index contributed by atoms with van der Waals surface area (Å²) in [5.41, 5.74) is 2.81. The van der Waals surface area contributed by atoms with E-state index < -0.39 is 6.04 Å². The molecule has 1 saturated heterocycles. The van der Waals surface area contributed by atoms with E-state index >= 15 is 0 Å². The Labute approximate surface area is 228 Å². The van der Waals surface area contributed by atoms with Crippen molar-refractivity contribution in [3.05, 3.63) is 87.9 Å². The van der Waals surface area contributed by atoms with E-state index in [-0.39, 0.29) is 23.7 Å². The molecule has 6 nitrogen and oxygen atoms in total. The summed E-state index contributed by atoms with van der Waals surface area (Å²) >= 11 is 12.5. The first kappa shape index (κ1) is 27.2. The molecule has 0 saturated carbocycles. The van der Waals surface area contributed by atoms with Gasteiger partial charge in [0.1, 0.15) is 6.04 Å². The molecule has 1 fully saturated rings. The van der Waals surface area contributed by atoms with Crippen molar-refractivity contribution in [3.8, 4) is 0 Å². The zero-order valence-corrected chi connectivity index (χ0v) is 22.7. The summed E-state index contributed by atoms with van der Waals surface area (Å²) in [6, 6.07) is 15.0. The Bertz CT molecular complexity index is 1180. The predicted octanol–water partition coefficient (Wildman–Crippen LogP) is 5.74. The number of carbonyl (C=O) groups excluding carboxylic acids is 2. The Morgan fingerprint density at radius 1 is 1.14 bits per heavy atom. The lowest BCUT2D eigenvalue weighted by molar-refractivity contribution is -0.143. The van der Waals surface area contributed by atoms with Gasteiger partial charge in [0.15, 0.2) is 0 Å². The number of hydrogen-bond donors (Lipinski definition) is 2. The molecule has 2 N–H and O–H groups in total. The molecule has 0 bridgehead atoms. The number of H-pyrrole nitrogens is 1. The Hall–Kier alpha value is -2.83. The molecule has 1 aromatic heterocycles. The van der Waals surface area contributed by atoms with Crippen LogP contribution in [0, 0.1) is 0 Å². The third-order valence-electron chi connectivity index (χ3n) is 7.18. The van der Waals surface area contributed by atoms with Gasteiger partial charge in [0.2, 0.25) is 11.8 Å². The van der Waals surface area contributed by atoms with Gasteiger partial charge in [0, 0.05) is 47.6 Å². The Kier molecular flexibility index (Phi) is 9.28. The number of halogens is 2. The molecule has 2 aromatic carbocycles. The summed E-state index contributed by atoms with van der Waals surface area (Å²) in [6.07, 6.45) is 8.89. The van der Waals surface area contributed by atoms with Crippen molar-refractivity contribution in [2.24, 2.45) is 0 Å². The zero-order valence-electron chi connectivity index (χ0n) is 21.2. The van der Waals surface area contributed by atoms with Gasteiger partial charge in [-0.3, -0.25) is 9.59 Å². The SMILES string of the molecule is CCCCCC1(c2ccccc2)CN(C(=O)[C@@H](Cc2ccc(Cl)cc2Cl)NC(=O)CCc2c[nH]cn2)C1. The van der Waals surface area contributed by atoms with Crippen molar-refractivity contribution < 1.29 is 9.59 Å². The monoisotopic (exact) mass is 540 g/mol. The molecule has 37 heavy (non-hydrogen) atoms. The van der Waals surface area contributed by atoms with E-state index in [0.717, 1.165) is 30.5 Å². The number of unbranched alkanes of at least 4 members (excludes halogenated alkanes) is 2. The lowest BCUT2D eigenvalue weighted by atomic mass is 9.70. The summed E-state index contributed by atoms with van der Waals surface area (Å²) in [7, 11) is 0. The van der Waals surface area contributed by atoms with Crippen LogP contribution in [0.4, 0.5) is 0 Å². The lowest BCUT2D eigenvalue weighted by Gasteiger charge is -2.52. The highest BCUT2D eigenvalue weighted by Gasteiger charge is 2.47. The molecule has 196 valence electrons. The number of nitrogens with zero attached hydrogens (tertiary/aromatic N) is 2. The van der Waals surface area contributed by atoms with Gasteiger partial charge in [-0.1, -0.05) is 85.8 Å². The lowest BCUT2D eigenvalue weighted by Crippen LogP contribution is -2.64. The minimum absolute atomic E-state index is 0.0431. The van der Waals surface area contributed by atoms with Gasteiger partial charge >= 0.3 is 0 Å². The van der Waals surface area contributed by atoms with Gasteiger partial charge in [0.25, 0.3) is 0 Å². The standard InChI is InChI=1S/C29H34Cl2N4O2/c1-2-3-7-14-29(22-8-5-4-6-9-22)18-35(19-29)28(37)26(15-21-10-11-23(30)16-25(21)31)34-27(36)13-12-24-17-32-20-33-24/h4-6,8-11,16-17,20,26H,2-3,7,12-15,18-19H2,1H3,(H,32,33)(H,34,36)/t26-/m1/s1. The smallest absolute Gasteiger partial charge is 0.245 e. The zero-order chi connectivity index (χ0) is 26.3. The fourth-order valence-electron chi connectivity index (χ4n) is 5.09. The number of benzene rings is 2. The molecule has 0 spiro atoms. The number of rotatable bonds is 12. The number of aryl methyl sites for hydroxylation is 1. The van der Waals surface area contributed by atoms with Crippen LogP contribution in [0.2, 0.25) is 10.0 Å². The Balaban J connectivity index is 1.48. The van der Waals surface area contributed by atoms with Crippen molar-refractivity contribution in [3.63, 3.8) is 0 Å². The largest absolute Gasteiger partial charge is 0.351 e. The molecule has 3 aromatic rings. The summed E-state index contributed by atoms with van der Waals surface area (Å²) in [5.74, 6) is -0.273. The van der Waals surface area contributed by atoms with Crippen molar-refractivity contribution in [2.45, 2.75) is 63.3 Å². The maximum atomic E-state index is 13.8. The van der Waals surface area contributed by atoms with Gasteiger partial charge in [-0.15, -0.1) is 0 Å². The van der Waals surface area contributed by atoms with Crippen LogP contribution < -0.4 is 5.32 Å². The van der Waals surface area contributed by atoms with Crippen molar-refractivity contribution in [1.29, 1.82) is 0 Å². The van der Waals surface area contributed by atoms with E-state index in [2.05, 4.69) is 46.5 Å². The van der Waals surface area contributed by atoms with Crippen LogP contribution in [0.5, 0.6) is 0 Å². The number of imidazole rings is 1. The van der Waals surface area contributed by atoms with E-state index in [9.17, 15) is 9.59 Å².